The number of hydrogen-bond donors (Lipinski definition) is 2. The monoisotopic (exact) mass is 288 g/mol. The number of hydrogen-bond acceptors (Lipinski definition) is 5. The van der Waals surface area contributed by atoms with E-state index in [1.807, 2.05) is 0 Å². The Morgan fingerprint density at radius 2 is 2.20 bits per heavy atom. The standard InChI is InChI=1S/C12H20N2O6/c1-8(5-10(15)16)13-12(18)14-3-4-20-9(7-14)6-11(17)19-2/h8-9H,3-7H2,1-2H3,(H,13,18)(H,15,16). The fraction of sp³-hybridized carbons (Fsp3) is 0.750. The topological polar surface area (TPSA) is 105 Å². The third-order valence-corrected chi connectivity index (χ3v) is 2.90. The van der Waals surface area contributed by atoms with E-state index >= 15 is 0 Å². The molecule has 1 saturated heterocycles. The summed E-state index contributed by atoms with van der Waals surface area (Å²) >= 11 is 0. The first-order valence-electron chi connectivity index (χ1n) is 6.38. The summed E-state index contributed by atoms with van der Waals surface area (Å²) in [5.41, 5.74) is 0. The molecule has 1 aliphatic rings. The molecular formula is C12H20N2O6. The predicted molar refractivity (Wildman–Crippen MR) is 68.2 cm³/mol. The molecule has 2 amide bonds. The molecule has 2 N–H and O–H groups in total. The molecule has 114 valence electrons. The third kappa shape index (κ3) is 5.43. The van der Waals surface area contributed by atoms with Crippen LogP contribution in [0.2, 0.25) is 0 Å². The summed E-state index contributed by atoms with van der Waals surface area (Å²) in [4.78, 5) is 35.2. The third-order valence-electron chi connectivity index (χ3n) is 2.90. The van der Waals surface area contributed by atoms with Gasteiger partial charge in [0.1, 0.15) is 0 Å². The molecule has 0 saturated carbocycles. The van der Waals surface area contributed by atoms with Crippen LogP contribution in [-0.4, -0.2) is 66.9 Å². The van der Waals surface area contributed by atoms with Crippen molar-refractivity contribution in [2.45, 2.75) is 31.9 Å². The van der Waals surface area contributed by atoms with E-state index in [4.69, 9.17) is 9.84 Å². The van der Waals surface area contributed by atoms with Gasteiger partial charge in [0, 0.05) is 19.1 Å². The summed E-state index contributed by atoms with van der Waals surface area (Å²) in [6, 6.07) is -0.807. The van der Waals surface area contributed by atoms with E-state index in [1.54, 1.807) is 6.92 Å². The maximum atomic E-state index is 11.9. The van der Waals surface area contributed by atoms with E-state index in [9.17, 15) is 14.4 Å². The highest BCUT2D eigenvalue weighted by molar-refractivity contribution is 5.76. The number of nitrogens with one attached hydrogen (secondary N) is 1. The van der Waals surface area contributed by atoms with Gasteiger partial charge in [0.25, 0.3) is 0 Å². The van der Waals surface area contributed by atoms with Gasteiger partial charge in [-0.25, -0.2) is 4.79 Å². The number of nitrogens with zero attached hydrogens (tertiary/aromatic N) is 1. The molecule has 0 aromatic carbocycles. The molecule has 8 nitrogen and oxygen atoms in total. The predicted octanol–water partition coefficient (Wildman–Crippen LogP) is -0.177. The van der Waals surface area contributed by atoms with Crippen LogP contribution in [0.3, 0.4) is 0 Å². The Labute approximate surface area is 117 Å². The van der Waals surface area contributed by atoms with Crippen molar-refractivity contribution in [1.29, 1.82) is 0 Å². The summed E-state index contributed by atoms with van der Waals surface area (Å²) in [6.45, 7) is 2.64. The lowest BCUT2D eigenvalue weighted by molar-refractivity contribution is -0.145. The van der Waals surface area contributed by atoms with Crippen molar-refractivity contribution < 1.29 is 29.0 Å². The zero-order chi connectivity index (χ0) is 15.1. The number of aliphatic carboxylic acids is 1. The van der Waals surface area contributed by atoms with E-state index in [0.29, 0.717) is 13.2 Å². The minimum Gasteiger partial charge on any atom is -0.481 e. The van der Waals surface area contributed by atoms with Gasteiger partial charge >= 0.3 is 18.0 Å². The molecule has 2 atom stereocenters. The number of morpholine rings is 1. The van der Waals surface area contributed by atoms with Crippen molar-refractivity contribution in [2.24, 2.45) is 0 Å². The SMILES string of the molecule is COC(=O)CC1CN(C(=O)NC(C)CC(=O)O)CCO1. The second-order valence-electron chi connectivity index (χ2n) is 4.67. The summed E-state index contributed by atoms with van der Waals surface area (Å²) < 4.78 is 9.94. The Morgan fingerprint density at radius 1 is 1.50 bits per heavy atom. The Bertz CT molecular complexity index is 373. The van der Waals surface area contributed by atoms with Crippen LogP contribution >= 0.6 is 0 Å². The van der Waals surface area contributed by atoms with E-state index in [-0.39, 0.29) is 25.4 Å². The second-order valence-corrected chi connectivity index (χ2v) is 4.67. The van der Waals surface area contributed by atoms with E-state index < -0.39 is 24.1 Å². The molecule has 0 bridgehead atoms. The molecule has 20 heavy (non-hydrogen) atoms. The molecule has 0 aromatic rings. The number of carboxylic acid groups (broad SMARTS) is 1. The van der Waals surface area contributed by atoms with Gasteiger partial charge in [-0.2, -0.15) is 0 Å². The maximum Gasteiger partial charge on any atom is 0.317 e. The van der Waals surface area contributed by atoms with Crippen LogP contribution in [0.5, 0.6) is 0 Å². The average molecular weight is 288 g/mol. The number of amides is 2. The van der Waals surface area contributed by atoms with Crippen LogP contribution in [0.25, 0.3) is 0 Å². The fourth-order valence-corrected chi connectivity index (χ4v) is 1.91. The van der Waals surface area contributed by atoms with Gasteiger partial charge in [-0.3, -0.25) is 9.59 Å². The lowest BCUT2D eigenvalue weighted by atomic mass is 10.2. The number of carbonyl (C=O) groups is 3. The van der Waals surface area contributed by atoms with Crippen LogP contribution in [0, 0.1) is 0 Å². The average Bonchev–Trinajstić information content (AvgIpc) is 2.37. The van der Waals surface area contributed by atoms with Gasteiger partial charge in [0.05, 0.1) is 32.7 Å². The minimum atomic E-state index is -0.969. The molecular weight excluding hydrogens is 268 g/mol. The van der Waals surface area contributed by atoms with Crippen LogP contribution in [0.4, 0.5) is 4.79 Å². The molecule has 2 unspecified atom stereocenters. The Kier molecular flexibility index (Phi) is 6.23. The van der Waals surface area contributed by atoms with Gasteiger partial charge in [-0.15, -0.1) is 0 Å². The highest BCUT2D eigenvalue weighted by atomic mass is 16.5. The summed E-state index contributed by atoms with van der Waals surface area (Å²) in [5.74, 6) is -1.36. The fourth-order valence-electron chi connectivity index (χ4n) is 1.91. The molecule has 1 fully saturated rings. The maximum absolute atomic E-state index is 11.9. The molecule has 0 spiro atoms. The van der Waals surface area contributed by atoms with Crippen LogP contribution < -0.4 is 5.32 Å². The highest BCUT2D eigenvalue weighted by Gasteiger charge is 2.27. The molecule has 1 aliphatic heterocycles. The van der Waals surface area contributed by atoms with Crippen molar-refractivity contribution in [3.05, 3.63) is 0 Å². The molecule has 1 rings (SSSR count). The largest absolute Gasteiger partial charge is 0.481 e. The molecule has 8 heteroatoms. The highest BCUT2D eigenvalue weighted by Crippen LogP contribution is 2.10. The summed E-state index contributed by atoms with van der Waals surface area (Å²) in [5, 5.41) is 11.2. The smallest absolute Gasteiger partial charge is 0.317 e. The first-order chi connectivity index (χ1) is 9.42. The number of carboxylic acids is 1. The van der Waals surface area contributed by atoms with Crippen LogP contribution in [-0.2, 0) is 19.1 Å². The Morgan fingerprint density at radius 3 is 2.80 bits per heavy atom. The Hall–Kier alpha value is -1.83. The normalized spacial score (nSPS) is 20.1. The van der Waals surface area contributed by atoms with Crippen molar-refractivity contribution in [1.82, 2.24) is 10.2 Å². The number of carbonyl (C=O) groups excluding carboxylic acids is 2. The van der Waals surface area contributed by atoms with Crippen molar-refractivity contribution >= 4 is 18.0 Å². The molecule has 0 radical (unpaired) electrons. The summed E-state index contributed by atoms with van der Waals surface area (Å²) in [7, 11) is 1.29. The lowest BCUT2D eigenvalue weighted by Gasteiger charge is -2.33. The summed E-state index contributed by atoms with van der Waals surface area (Å²) in [6.07, 6.45) is -0.441. The van der Waals surface area contributed by atoms with Gasteiger partial charge in [0.15, 0.2) is 0 Å². The number of esters is 1. The van der Waals surface area contributed by atoms with Gasteiger partial charge in [0.2, 0.25) is 0 Å². The van der Waals surface area contributed by atoms with E-state index in [1.165, 1.54) is 12.0 Å². The second kappa shape index (κ2) is 7.68. The molecule has 0 aliphatic carbocycles. The Balaban J connectivity index is 2.43. The van der Waals surface area contributed by atoms with Gasteiger partial charge < -0.3 is 24.8 Å². The lowest BCUT2D eigenvalue weighted by Crippen LogP contribution is -2.52. The van der Waals surface area contributed by atoms with Crippen LogP contribution in [0.1, 0.15) is 19.8 Å². The van der Waals surface area contributed by atoms with Crippen molar-refractivity contribution in [3.63, 3.8) is 0 Å². The number of urea groups is 1. The number of rotatable bonds is 5. The number of ether oxygens (including phenoxy) is 2. The van der Waals surface area contributed by atoms with E-state index in [0.717, 1.165) is 0 Å². The van der Waals surface area contributed by atoms with E-state index in [2.05, 4.69) is 10.1 Å². The molecule has 0 aromatic heterocycles. The minimum absolute atomic E-state index is 0.0883. The van der Waals surface area contributed by atoms with Crippen molar-refractivity contribution in [3.8, 4) is 0 Å². The first-order valence-corrected chi connectivity index (χ1v) is 6.38. The quantitative estimate of drug-likeness (QED) is 0.680. The zero-order valence-corrected chi connectivity index (χ0v) is 11.6. The van der Waals surface area contributed by atoms with Gasteiger partial charge in [-0.05, 0) is 6.92 Å². The zero-order valence-electron chi connectivity index (χ0n) is 11.6. The first kappa shape index (κ1) is 16.2. The van der Waals surface area contributed by atoms with Gasteiger partial charge in [-0.1, -0.05) is 0 Å². The van der Waals surface area contributed by atoms with Crippen LogP contribution in [0.15, 0.2) is 0 Å². The van der Waals surface area contributed by atoms with Crippen molar-refractivity contribution in [2.75, 3.05) is 26.8 Å². The molecule has 1 heterocycles. The number of methoxy groups -OCH3 is 1.